The van der Waals surface area contributed by atoms with Gasteiger partial charge in [0.2, 0.25) is 11.8 Å². The molecule has 3 heterocycles. The summed E-state index contributed by atoms with van der Waals surface area (Å²) in [5, 5.41) is 3.50. The second-order valence-corrected chi connectivity index (χ2v) is 7.05. The molecular weight excluding hydrogens is 320 g/mol. The number of aromatic amines is 1. The van der Waals surface area contributed by atoms with Crippen molar-refractivity contribution in [2.75, 3.05) is 32.1 Å². The number of carbonyl (C=O) groups is 2. The maximum Gasteiger partial charge on any atom is 0.232 e. The maximum absolute atomic E-state index is 12.4. The third-order valence-electron chi connectivity index (χ3n) is 5.58. The molecule has 1 atom stereocenters. The fraction of sp³-hybridized carbons (Fsp3) is 0.529. The van der Waals surface area contributed by atoms with Gasteiger partial charge < -0.3 is 20.1 Å². The highest BCUT2D eigenvalue weighted by Gasteiger charge is 2.57. The summed E-state index contributed by atoms with van der Waals surface area (Å²) in [4.78, 5) is 39.8. The molecule has 8 nitrogen and oxygen atoms in total. The van der Waals surface area contributed by atoms with Crippen LogP contribution in [-0.4, -0.2) is 64.9 Å². The van der Waals surface area contributed by atoms with Gasteiger partial charge in [-0.15, -0.1) is 0 Å². The molecule has 2 aromatic rings. The molecular formula is C17H22N6O2. The van der Waals surface area contributed by atoms with Crippen LogP contribution in [0.2, 0.25) is 0 Å². The molecule has 4 rings (SSSR count). The molecule has 0 bridgehead atoms. The highest BCUT2D eigenvalue weighted by molar-refractivity contribution is 5.97. The standard InChI is InChI=1S/C17H22N6O2/c1-18-13(24)7-14(25)23-8-12(17(9-23)4-5-17)22(2)16-11-3-6-19-15(11)20-10-21-16/h3,6,10,12H,4-5,7-9H2,1-2H3,(H,18,24)(H,19,20,21). The normalized spacial score (nSPS) is 20.9. The van der Waals surface area contributed by atoms with Gasteiger partial charge >= 0.3 is 0 Å². The number of nitrogens with one attached hydrogen (secondary N) is 2. The lowest BCUT2D eigenvalue weighted by atomic mass is 9.99. The van der Waals surface area contributed by atoms with E-state index in [1.165, 1.54) is 0 Å². The molecule has 2 aliphatic rings. The van der Waals surface area contributed by atoms with E-state index in [0.29, 0.717) is 6.54 Å². The number of rotatable bonds is 4. The molecule has 8 heteroatoms. The number of fused-ring (bicyclic) bond motifs is 1. The second kappa shape index (κ2) is 5.72. The third kappa shape index (κ3) is 2.61. The lowest BCUT2D eigenvalue weighted by molar-refractivity contribution is -0.135. The topological polar surface area (TPSA) is 94.2 Å². The number of likely N-dealkylation sites (tertiary alicyclic amines) is 1. The minimum absolute atomic E-state index is 0.0847. The van der Waals surface area contributed by atoms with Crippen molar-refractivity contribution in [1.29, 1.82) is 0 Å². The van der Waals surface area contributed by atoms with Gasteiger partial charge in [-0.25, -0.2) is 9.97 Å². The van der Waals surface area contributed by atoms with Gasteiger partial charge in [-0.3, -0.25) is 9.59 Å². The Labute approximate surface area is 145 Å². The number of amides is 2. The van der Waals surface area contributed by atoms with Gasteiger partial charge in [0.15, 0.2) is 0 Å². The van der Waals surface area contributed by atoms with E-state index < -0.39 is 0 Å². The molecule has 1 unspecified atom stereocenters. The Morgan fingerprint density at radius 2 is 2.24 bits per heavy atom. The molecule has 132 valence electrons. The van der Waals surface area contributed by atoms with Crippen LogP contribution >= 0.6 is 0 Å². The van der Waals surface area contributed by atoms with Crippen molar-refractivity contribution >= 4 is 28.7 Å². The van der Waals surface area contributed by atoms with E-state index in [1.54, 1.807) is 13.4 Å². The van der Waals surface area contributed by atoms with Gasteiger partial charge in [0, 0.05) is 38.8 Å². The number of carbonyl (C=O) groups excluding carboxylic acids is 2. The zero-order chi connectivity index (χ0) is 17.6. The number of H-pyrrole nitrogens is 1. The number of likely N-dealkylation sites (N-methyl/N-ethyl adjacent to an activating group) is 1. The van der Waals surface area contributed by atoms with E-state index in [-0.39, 0.29) is 29.7 Å². The van der Waals surface area contributed by atoms with Gasteiger partial charge in [0.05, 0.1) is 11.4 Å². The first kappa shape index (κ1) is 15.9. The van der Waals surface area contributed by atoms with E-state index >= 15 is 0 Å². The van der Waals surface area contributed by atoms with Crippen LogP contribution in [0.1, 0.15) is 19.3 Å². The smallest absolute Gasteiger partial charge is 0.232 e. The summed E-state index contributed by atoms with van der Waals surface area (Å²) in [6, 6.07) is 2.18. The Morgan fingerprint density at radius 1 is 1.44 bits per heavy atom. The fourth-order valence-corrected chi connectivity index (χ4v) is 3.95. The zero-order valence-electron chi connectivity index (χ0n) is 14.5. The second-order valence-electron chi connectivity index (χ2n) is 7.05. The van der Waals surface area contributed by atoms with Crippen molar-refractivity contribution < 1.29 is 9.59 Å². The summed E-state index contributed by atoms with van der Waals surface area (Å²) < 4.78 is 0. The minimum Gasteiger partial charge on any atom is -0.359 e. The maximum atomic E-state index is 12.4. The molecule has 2 aromatic heterocycles. The fourth-order valence-electron chi connectivity index (χ4n) is 3.95. The van der Waals surface area contributed by atoms with Crippen molar-refractivity contribution in [3.63, 3.8) is 0 Å². The Hall–Kier alpha value is -2.64. The Morgan fingerprint density at radius 3 is 2.96 bits per heavy atom. The first-order valence-corrected chi connectivity index (χ1v) is 8.53. The van der Waals surface area contributed by atoms with Crippen LogP contribution in [0.15, 0.2) is 18.6 Å². The number of anilines is 1. The Bertz CT molecular complexity index is 827. The summed E-state index contributed by atoms with van der Waals surface area (Å²) in [6.07, 6.45) is 5.55. The predicted molar refractivity (Wildman–Crippen MR) is 93.0 cm³/mol. The lowest BCUT2D eigenvalue weighted by Crippen LogP contribution is -2.40. The summed E-state index contributed by atoms with van der Waals surface area (Å²) in [5.74, 6) is 0.538. The first-order valence-electron chi connectivity index (χ1n) is 8.53. The summed E-state index contributed by atoms with van der Waals surface area (Å²) >= 11 is 0. The van der Waals surface area contributed by atoms with Crippen LogP contribution in [0.5, 0.6) is 0 Å². The van der Waals surface area contributed by atoms with Gasteiger partial charge in [-0.05, 0) is 18.9 Å². The largest absolute Gasteiger partial charge is 0.359 e. The summed E-state index contributed by atoms with van der Waals surface area (Å²) in [5.41, 5.74) is 0.938. The average Bonchev–Trinajstić information content (AvgIpc) is 3.06. The molecule has 1 spiro atoms. The van der Waals surface area contributed by atoms with Gasteiger partial charge in [-0.2, -0.15) is 0 Å². The first-order chi connectivity index (χ1) is 12.0. The Balaban J connectivity index is 1.57. The van der Waals surface area contributed by atoms with Crippen molar-refractivity contribution in [3.05, 3.63) is 18.6 Å². The SMILES string of the molecule is CNC(=O)CC(=O)N1CC(N(C)c2ncnc3[nH]ccc23)C2(CC2)C1. The lowest BCUT2D eigenvalue weighted by Gasteiger charge is -2.30. The molecule has 25 heavy (non-hydrogen) atoms. The monoisotopic (exact) mass is 342 g/mol. The van der Waals surface area contributed by atoms with E-state index in [9.17, 15) is 9.59 Å². The van der Waals surface area contributed by atoms with E-state index in [4.69, 9.17) is 0 Å². The van der Waals surface area contributed by atoms with Crippen molar-refractivity contribution in [2.45, 2.75) is 25.3 Å². The van der Waals surface area contributed by atoms with Crippen LogP contribution in [0.4, 0.5) is 5.82 Å². The number of aromatic nitrogens is 3. The highest BCUT2D eigenvalue weighted by atomic mass is 16.2. The van der Waals surface area contributed by atoms with Crippen LogP contribution in [-0.2, 0) is 9.59 Å². The number of hydrogen-bond donors (Lipinski definition) is 2. The molecule has 1 saturated heterocycles. The molecule has 1 aliphatic heterocycles. The van der Waals surface area contributed by atoms with Crippen LogP contribution in [0, 0.1) is 5.41 Å². The van der Waals surface area contributed by atoms with Crippen molar-refractivity contribution in [2.24, 2.45) is 5.41 Å². The molecule has 1 saturated carbocycles. The van der Waals surface area contributed by atoms with Gasteiger partial charge in [0.25, 0.3) is 0 Å². The molecule has 2 fully saturated rings. The van der Waals surface area contributed by atoms with Crippen molar-refractivity contribution in [3.8, 4) is 0 Å². The minimum atomic E-state index is -0.239. The molecule has 0 radical (unpaired) electrons. The summed E-state index contributed by atoms with van der Waals surface area (Å²) in [6.45, 7) is 1.35. The van der Waals surface area contributed by atoms with E-state index in [0.717, 1.165) is 36.2 Å². The zero-order valence-corrected chi connectivity index (χ0v) is 14.5. The molecule has 1 aliphatic carbocycles. The van der Waals surface area contributed by atoms with E-state index in [1.807, 2.05) is 24.2 Å². The predicted octanol–water partition coefficient (Wildman–Crippen LogP) is 0.521. The Kier molecular flexibility index (Phi) is 3.63. The average molecular weight is 342 g/mol. The summed E-state index contributed by atoms with van der Waals surface area (Å²) in [7, 11) is 3.59. The number of hydrogen-bond acceptors (Lipinski definition) is 5. The quantitative estimate of drug-likeness (QED) is 0.790. The third-order valence-corrected chi connectivity index (χ3v) is 5.58. The number of nitrogens with zero attached hydrogens (tertiary/aromatic N) is 4. The molecule has 2 N–H and O–H groups in total. The van der Waals surface area contributed by atoms with E-state index in [2.05, 4.69) is 25.2 Å². The van der Waals surface area contributed by atoms with Gasteiger partial charge in [0.1, 0.15) is 24.2 Å². The highest BCUT2D eigenvalue weighted by Crippen LogP contribution is 2.55. The van der Waals surface area contributed by atoms with Crippen molar-refractivity contribution in [1.82, 2.24) is 25.2 Å². The van der Waals surface area contributed by atoms with Crippen LogP contribution < -0.4 is 10.2 Å². The molecule has 2 amide bonds. The van der Waals surface area contributed by atoms with Crippen LogP contribution in [0.3, 0.4) is 0 Å². The van der Waals surface area contributed by atoms with Gasteiger partial charge in [-0.1, -0.05) is 0 Å². The molecule has 0 aromatic carbocycles. The van der Waals surface area contributed by atoms with Crippen LogP contribution in [0.25, 0.3) is 11.0 Å².